The van der Waals surface area contributed by atoms with Gasteiger partial charge in [-0.1, -0.05) is 30.3 Å². The summed E-state index contributed by atoms with van der Waals surface area (Å²) in [6.07, 6.45) is 1.66. The fraction of sp³-hybridized carbons (Fsp3) is 0.231. The summed E-state index contributed by atoms with van der Waals surface area (Å²) in [5, 5.41) is 2.76. The van der Waals surface area contributed by atoms with Gasteiger partial charge in [-0.25, -0.2) is 12.8 Å². The van der Waals surface area contributed by atoms with E-state index >= 15 is 0 Å². The molecule has 0 aliphatic carbocycles. The van der Waals surface area contributed by atoms with Gasteiger partial charge in [0.1, 0.15) is 12.4 Å². The number of carbonyl (C=O) groups excluding carboxylic acids is 2. The number of sulfonamides is 1. The van der Waals surface area contributed by atoms with Gasteiger partial charge in [-0.2, -0.15) is 4.31 Å². The van der Waals surface area contributed by atoms with E-state index in [0.29, 0.717) is 24.3 Å². The van der Waals surface area contributed by atoms with E-state index in [9.17, 15) is 22.4 Å². The van der Waals surface area contributed by atoms with E-state index in [0.717, 1.165) is 18.4 Å². The molecule has 9 heteroatoms. The Morgan fingerprint density at radius 2 is 1.63 bits per heavy atom. The lowest BCUT2D eigenvalue weighted by Gasteiger charge is -2.30. The first-order valence-corrected chi connectivity index (χ1v) is 12.8. The third-order valence-electron chi connectivity index (χ3n) is 6.39. The first kappa shape index (κ1) is 23.2. The SMILES string of the molecule is O=C1CN(C(=O)c2ccc(S(=O)(=O)N3CCCC3)cc2)[C@H](c2ccccc2)c2cc(F)ccc2N1. The number of carbonyl (C=O) groups is 2. The Kier molecular flexibility index (Phi) is 6.12. The molecular formula is C26H24FN3O4S. The molecule has 2 heterocycles. The first-order chi connectivity index (χ1) is 16.8. The number of benzene rings is 3. The van der Waals surface area contributed by atoms with Gasteiger partial charge < -0.3 is 10.2 Å². The molecule has 2 amide bonds. The number of nitrogens with zero attached hydrogens (tertiary/aromatic N) is 2. The molecule has 7 nitrogen and oxygen atoms in total. The van der Waals surface area contributed by atoms with E-state index in [1.54, 1.807) is 0 Å². The van der Waals surface area contributed by atoms with Crippen molar-refractivity contribution in [3.05, 3.63) is 95.3 Å². The highest BCUT2D eigenvalue weighted by Gasteiger charge is 2.34. The Morgan fingerprint density at radius 1 is 0.943 bits per heavy atom. The number of halogens is 1. The largest absolute Gasteiger partial charge is 0.324 e. The Labute approximate surface area is 203 Å². The number of rotatable bonds is 4. The summed E-state index contributed by atoms with van der Waals surface area (Å²) >= 11 is 0. The first-order valence-electron chi connectivity index (χ1n) is 11.4. The number of hydrogen-bond acceptors (Lipinski definition) is 4. The molecule has 1 atom stereocenters. The molecular weight excluding hydrogens is 469 g/mol. The van der Waals surface area contributed by atoms with E-state index in [4.69, 9.17) is 0 Å². The summed E-state index contributed by atoms with van der Waals surface area (Å²) in [5.74, 6) is -1.35. The number of anilines is 1. The van der Waals surface area contributed by atoms with Crippen LogP contribution in [0.2, 0.25) is 0 Å². The zero-order chi connectivity index (χ0) is 24.6. The van der Waals surface area contributed by atoms with Crippen LogP contribution in [0.25, 0.3) is 0 Å². The Bertz CT molecular complexity index is 1370. The molecule has 1 N–H and O–H groups in total. The summed E-state index contributed by atoms with van der Waals surface area (Å²) in [5.41, 5.74) is 1.85. The number of amides is 2. The molecule has 2 aliphatic heterocycles. The zero-order valence-electron chi connectivity index (χ0n) is 18.9. The monoisotopic (exact) mass is 493 g/mol. The maximum absolute atomic E-state index is 14.3. The molecule has 5 rings (SSSR count). The smallest absolute Gasteiger partial charge is 0.255 e. The van der Waals surface area contributed by atoms with Gasteiger partial charge in [0.25, 0.3) is 5.91 Å². The lowest BCUT2D eigenvalue weighted by atomic mass is 9.95. The summed E-state index contributed by atoms with van der Waals surface area (Å²) in [6.45, 7) is 0.726. The summed E-state index contributed by atoms with van der Waals surface area (Å²) in [6, 6.07) is 18.2. The van der Waals surface area contributed by atoms with E-state index in [2.05, 4.69) is 5.32 Å². The van der Waals surface area contributed by atoms with Crippen molar-refractivity contribution in [3.8, 4) is 0 Å². The molecule has 0 saturated carbocycles. The van der Waals surface area contributed by atoms with E-state index < -0.39 is 33.7 Å². The Hall–Kier alpha value is -3.56. The van der Waals surface area contributed by atoms with Crippen LogP contribution in [0.4, 0.5) is 10.1 Å². The Morgan fingerprint density at radius 3 is 2.31 bits per heavy atom. The van der Waals surface area contributed by atoms with Gasteiger partial charge in [0, 0.05) is 29.9 Å². The molecule has 2 aliphatic rings. The minimum absolute atomic E-state index is 0.122. The highest BCUT2D eigenvalue weighted by atomic mass is 32.2. The van der Waals surface area contributed by atoms with Gasteiger partial charge >= 0.3 is 0 Å². The van der Waals surface area contributed by atoms with E-state index in [-0.39, 0.29) is 17.0 Å². The average molecular weight is 494 g/mol. The molecule has 35 heavy (non-hydrogen) atoms. The van der Waals surface area contributed by atoms with Gasteiger partial charge in [0.15, 0.2) is 0 Å². The van der Waals surface area contributed by atoms with Gasteiger partial charge in [0.05, 0.1) is 10.9 Å². The molecule has 0 aromatic heterocycles. The zero-order valence-corrected chi connectivity index (χ0v) is 19.7. The molecule has 0 radical (unpaired) electrons. The fourth-order valence-electron chi connectivity index (χ4n) is 4.67. The van der Waals surface area contributed by atoms with Crippen LogP contribution in [0.5, 0.6) is 0 Å². The maximum Gasteiger partial charge on any atom is 0.255 e. The molecule has 0 spiro atoms. The van der Waals surface area contributed by atoms with Crippen LogP contribution in [-0.2, 0) is 14.8 Å². The van der Waals surface area contributed by atoms with Crippen molar-refractivity contribution in [1.82, 2.24) is 9.21 Å². The molecule has 1 fully saturated rings. The lowest BCUT2D eigenvalue weighted by molar-refractivity contribution is -0.117. The predicted octanol–water partition coefficient (Wildman–Crippen LogP) is 3.79. The van der Waals surface area contributed by atoms with Crippen LogP contribution < -0.4 is 5.32 Å². The van der Waals surface area contributed by atoms with Gasteiger partial charge in [-0.05, 0) is 60.9 Å². The quantitative estimate of drug-likeness (QED) is 0.599. The summed E-state index contributed by atoms with van der Waals surface area (Å²) in [4.78, 5) is 27.9. The Balaban J connectivity index is 1.54. The van der Waals surface area contributed by atoms with Crippen molar-refractivity contribution in [2.45, 2.75) is 23.8 Å². The number of fused-ring (bicyclic) bond motifs is 1. The highest BCUT2D eigenvalue weighted by molar-refractivity contribution is 7.89. The summed E-state index contributed by atoms with van der Waals surface area (Å²) in [7, 11) is -3.62. The van der Waals surface area contributed by atoms with Crippen molar-refractivity contribution in [3.63, 3.8) is 0 Å². The third kappa shape index (κ3) is 4.44. The van der Waals surface area contributed by atoms with Crippen molar-refractivity contribution in [2.24, 2.45) is 0 Å². The van der Waals surface area contributed by atoms with Crippen LogP contribution in [0.15, 0.2) is 77.7 Å². The van der Waals surface area contributed by atoms with E-state index in [1.807, 2.05) is 30.3 Å². The van der Waals surface area contributed by atoms with Crippen LogP contribution in [0.3, 0.4) is 0 Å². The van der Waals surface area contributed by atoms with Crippen LogP contribution in [-0.4, -0.2) is 49.1 Å². The minimum atomic E-state index is -3.62. The maximum atomic E-state index is 14.3. The standard InChI is InChI=1S/C26H24FN3O4S/c27-20-10-13-23-22(16-20)25(18-6-2-1-3-7-18)30(17-24(31)28-23)26(32)19-8-11-21(12-9-19)35(33,34)29-14-4-5-15-29/h1-3,6-13,16,25H,4-5,14-15,17H2,(H,28,31)/t25-/m1/s1. The van der Waals surface area contributed by atoms with Crippen molar-refractivity contribution in [1.29, 1.82) is 0 Å². The number of nitrogens with one attached hydrogen (secondary N) is 1. The van der Waals surface area contributed by atoms with E-state index in [1.165, 1.54) is 51.7 Å². The third-order valence-corrected chi connectivity index (χ3v) is 8.30. The van der Waals surface area contributed by atoms with Crippen LogP contribution in [0.1, 0.15) is 40.4 Å². The van der Waals surface area contributed by atoms with Gasteiger partial charge in [0.2, 0.25) is 15.9 Å². The summed E-state index contributed by atoms with van der Waals surface area (Å²) < 4.78 is 41.4. The van der Waals surface area contributed by atoms with Crippen molar-refractivity contribution in [2.75, 3.05) is 25.0 Å². The topological polar surface area (TPSA) is 86.8 Å². The molecule has 1 saturated heterocycles. The highest BCUT2D eigenvalue weighted by Crippen LogP contribution is 2.37. The van der Waals surface area contributed by atoms with Gasteiger partial charge in [-0.3, -0.25) is 9.59 Å². The van der Waals surface area contributed by atoms with Crippen LogP contribution in [0, 0.1) is 5.82 Å². The second kappa shape index (κ2) is 9.24. The molecule has 3 aromatic carbocycles. The van der Waals surface area contributed by atoms with Crippen LogP contribution >= 0.6 is 0 Å². The normalized spacial score (nSPS) is 18.6. The van der Waals surface area contributed by atoms with Gasteiger partial charge in [-0.15, -0.1) is 0 Å². The fourth-order valence-corrected chi connectivity index (χ4v) is 6.19. The molecule has 3 aromatic rings. The molecule has 180 valence electrons. The van der Waals surface area contributed by atoms with Crippen molar-refractivity contribution < 1.29 is 22.4 Å². The molecule has 0 bridgehead atoms. The molecule has 0 unspecified atom stereocenters. The van der Waals surface area contributed by atoms with Crippen molar-refractivity contribution >= 4 is 27.5 Å². The lowest BCUT2D eigenvalue weighted by Crippen LogP contribution is -2.39. The minimum Gasteiger partial charge on any atom is -0.324 e. The second-order valence-corrected chi connectivity index (χ2v) is 10.6. The number of hydrogen-bond donors (Lipinski definition) is 1. The second-order valence-electron chi connectivity index (χ2n) is 8.66. The predicted molar refractivity (Wildman–Crippen MR) is 129 cm³/mol. The average Bonchev–Trinajstić information content (AvgIpc) is 3.37.